The van der Waals surface area contributed by atoms with Gasteiger partial charge in [0, 0.05) is 18.3 Å². The highest BCUT2D eigenvalue weighted by atomic mass is 16.6. The van der Waals surface area contributed by atoms with Gasteiger partial charge in [0.15, 0.2) is 11.5 Å². The lowest BCUT2D eigenvalue weighted by atomic mass is 10.0. The zero-order chi connectivity index (χ0) is 19.6. The number of carboxylic acid groups (broad SMARTS) is 1. The van der Waals surface area contributed by atoms with Crippen LogP contribution in [0.5, 0.6) is 11.5 Å². The molecule has 0 saturated carbocycles. The highest BCUT2D eigenvalue weighted by Crippen LogP contribution is 2.36. The van der Waals surface area contributed by atoms with Gasteiger partial charge >= 0.3 is 5.97 Å². The zero-order valence-electron chi connectivity index (χ0n) is 15.4. The lowest BCUT2D eigenvalue weighted by Crippen LogP contribution is -2.46. The van der Waals surface area contributed by atoms with Crippen LogP contribution < -0.4 is 19.7 Å². The molecule has 8 heteroatoms. The number of nitrogens with one attached hydrogen (secondary N) is 1. The van der Waals surface area contributed by atoms with E-state index in [1.807, 2.05) is 13.8 Å². The van der Waals surface area contributed by atoms with Crippen molar-refractivity contribution < 1.29 is 29.0 Å². The van der Waals surface area contributed by atoms with Gasteiger partial charge in [-0.3, -0.25) is 9.59 Å². The first-order valence-corrected chi connectivity index (χ1v) is 9.11. The largest absolute Gasteiger partial charge is 0.486 e. The van der Waals surface area contributed by atoms with Crippen LogP contribution in [0.1, 0.15) is 26.7 Å². The third-order valence-corrected chi connectivity index (χ3v) is 4.68. The van der Waals surface area contributed by atoms with Crippen LogP contribution in [-0.4, -0.2) is 48.7 Å². The van der Waals surface area contributed by atoms with Crippen LogP contribution in [0, 0.1) is 11.8 Å². The van der Waals surface area contributed by atoms with Crippen molar-refractivity contribution in [3.05, 3.63) is 18.2 Å². The fourth-order valence-corrected chi connectivity index (χ4v) is 3.34. The molecular weight excluding hydrogens is 352 g/mol. The Hall–Kier alpha value is -2.77. The number of rotatable bonds is 6. The van der Waals surface area contributed by atoms with Gasteiger partial charge in [0.2, 0.25) is 11.8 Å². The molecule has 1 saturated heterocycles. The van der Waals surface area contributed by atoms with Gasteiger partial charge in [-0.15, -0.1) is 0 Å². The number of amides is 2. The summed E-state index contributed by atoms with van der Waals surface area (Å²) in [5, 5.41) is 11.8. The van der Waals surface area contributed by atoms with Gasteiger partial charge in [-0.2, -0.15) is 0 Å². The molecule has 1 fully saturated rings. The molecule has 3 rings (SSSR count). The number of nitrogens with zero attached hydrogens (tertiary/aromatic N) is 1. The van der Waals surface area contributed by atoms with Gasteiger partial charge in [-0.1, -0.05) is 13.8 Å². The van der Waals surface area contributed by atoms with Crippen LogP contribution in [0.3, 0.4) is 0 Å². The van der Waals surface area contributed by atoms with E-state index in [0.29, 0.717) is 49.8 Å². The van der Waals surface area contributed by atoms with Crippen molar-refractivity contribution in [2.75, 3.05) is 24.7 Å². The highest BCUT2D eigenvalue weighted by molar-refractivity contribution is 6.10. The normalized spacial score (nSPS) is 19.9. The minimum Gasteiger partial charge on any atom is -0.486 e. The van der Waals surface area contributed by atoms with Crippen molar-refractivity contribution in [2.24, 2.45) is 11.8 Å². The molecule has 0 spiro atoms. The van der Waals surface area contributed by atoms with E-state index in [-0.39, 0.29) is 11.8 Å². The van der Waals surface area contributed by atoms with Crippen molar-refractivity contribution in [1.82, 2.24) is 5.32 Å². The lowest BCUT2D eigenvalue weighted by Gasteiger charge is -2.22. The first-order chi connectivity index (χ1) is 12.9. The predicted octanol–water partition coefficient (Wildman–Crippen LogP) is 1.43. The Bertz CT molecular complexity index is 748. The second-order valence-electron chi connectivity index (χ2n) is 7.19. The Morgan fingerprint density at radius 2 is 1.96 bits per heavy atom. The molecule has 1 unspecified atom stereocenters. The number of anilines is 1. The van der Waals surface area contributed by atoms with Gasteiger partial charge in [0.05, 0.1) is 0 Å². The maximum atomic E-state index is 12.7. The first kappa shape index (κ1) is 19.0. The topological polar surface area (TPSA) is 105 Å². The zero-order valence-corrected chi connectivity index (χ0v) is 15.4. The molecule has 2 aliphatic heterocycles. The summed E-state index contributed by atoms with van der Waals surface area (Å²) in [4.78, 5) is 38.1. The summed E-state index contributed by atoms with van der Waals surface area (Å²) in [7, 11) is 0. The minimum atomic E-state index is -1.09. The molecule has 2 aliphatic rings. The fraction of sp³-hybridized carbons (Fsp3) is 0.526. The lowest BCUT2D eigenvalue weighted by molar-refractivity contribution is -0.144. The Labute approximate surface area is 157 Å². The Morgan fingerprint density at radius 3 is 2.63 bits per heavy atom. The van der Waals surface area contributed by atoms with Gasteiger partial charge in [0.1, 0.15) is 25.2 Å². The number of aliphatic carboxylic acids is 1. The van der Waals surface area contributed by atoms with Crippen LogP contribution in [0.2, 0.25) is 0 Å². The van der Waals surface area contributed by atoms with Crippen molar-refractivity contribution in [3.8, 4) is 11.5 Å². The maximum Gasteiger partial charge on any atom is 0.326 e. The number of hydrogen-bond acceptors (Lipinski definition) is 5. The third-order valence-electron chi connectivity index (χ3n) is 4.68. The predicted molar refractivity (Wildman–Crippen MR) is 96.9 cm³/mol. The van der Waals surface area contributed by atoms with Gasteiger partial charge < -0.3 is 24.8 Å². The molecule has 0 radical (unpaired) electrons. The number of hydrogen-bond donors (Lipinski definition) is 2. The minimum absolute atomic E-state index is 0.111. The van der Waals surface area contributed by atoms with E-state index < -0.39 is 23.8 Å². The summed E-state index contributed by atoms with van der Waals surface area (Å²) in [6, 6.07) is 4.23. The molecule has 8 nitrogen and oxygen atoms in total. The van der Waals surface area contributed by atoms with Crippen LogP contribution in [0.4, 0.5) is 5.69 Å². The molecule has 2 atom stereocenters. The SMILES string of the molecule is CC(C)C[C@H](NC(=O)C1CCN(c2ccc3c(c2)OCCO3)C1=O)C(=O)O. The van der Waals surface area contributed by atoms with E-state index in [1.165, 1.54) is 4.90 Å². The summed E-state index contributed by atoms with van der Waals surface area (Å²) >= 11 is 0. The molecule has 27 heavy (non-hydrogen) atoms. The maximum absolute atomic E-state index is 12.7. The van der Waals surface area contributed by atoms with E-state index in [2.05, 4.69) is 5.32 Å². The number of carboxylic acids is 1. The van der Waals surface area contributed by atoms with E-state index in [0.717, 1.165) is 0 Å². The van der Waals surface area contributed by atoms with E-state index >= 15 is 0 Å². The number of fused-ring (bicyclic) bond motifs is 1. The van der Waals surface area contributed by atoms with E-state index in [9.17, 15) is 19.5 Å². The molecule has 2 amide bonds. The number of carbonyl (C=O) groups excluding carboxylic acids is 2. The van der Waals surface area contributed by atoms with Crippen LogP contribution in [0.15, 0.2) is 18.2 Å². The summed E-state index contributed by atoms with van der Waals surface area (Å²) < 4.78 is 11.0. The molecular formula is C19H24N2O6. The van der Waals surface area contributed by atoms with Crippen LogP contribution >= 0.6 is 0 Å². The second-order valence-corrected chi connectivity index (χ2v) is 7.19. The summed E-state index contributed by atoms with van der Waals surface area (Å²) in [5.41, 5.74) is 0.636. The third kappa shape index (κ3) is 4.15. The van der Waals surface area contributed by atoms with Crippen molar-refractivity contribution >= 4 is 23.5 Å². The molecule has 146 valence electrons. The molecule has 1 aromatic carbocycles. The van der Waals surface area contributed by atoms with Gasteiger partial charge in [-0.25, -0.2) is 4.79 Å². The van der Waals surface area contributed by atoms with Crippen molar-refractivity contribution in [3.63, 3.8) is 0 Å². The average molecular weight is 376 g/mol. The standard InChI is InChI=1S/C19H24N2O6/c1-11(2)9-14(19(24)25)20-17(22)13-5-6-21(18(13)23)12-3-4-15-16(10-12)27-8-7-26-15/h3-4,10-11,13-14H,5-9H2,1-2H3,(H,20,22)(H,24,25)/t13?,14-/m0/s1. The van der Waals surface area contributed by atoms with Crippen molar-refractivity contribution in [1.29, 1.82) is 0 Å². The van der Waals surface area contributed by atoms with Gasteiger partial charge in [0.25, 0.3) is 0 Å². The van der Waals surface area contributed by atoms with Crippen molar-refractivity contribution in [2.45, 2.75) is 32.7 Å². The van der Waals surface area contributed by atoms with Gasteiger partial charge in [-0.05, 0) is 30.9 Å². The fourth-order valence-electron chi connectivity index (χ4n) is 3.34. The molecule has 0 aromatic heterocycles. The van der Waals surface area contributed by atoms with Crippen LogP contribution in [0.25, 0.3) is 0 Å². The monoisotopic (exact) mass is 376 g/mol. The summed E-state index contributed by atoms with van der Waals surface area (Å²) in [6.45, 7) is 5.08. The van der Waals surface area contributed by atoms with E-state index in [1.54, 1.807) is 18.2 Å². The smallest absolute Gasteiger partial charge is 0.326 e. The molecule has 2 heterocycles. The molecule has 0 aliphatic carbocycles. The number of ether oxygens (including phenoxy) is 2. The highest BCUT2D eigenvalue weighted by Gasteiger charge is 2.39. The quantitative estimate of drug-likeness (QED) is 0.728. The Kier molecular flexibility index (Phi) is 5.53. The summed E-state index contributed by atoms with van der Waals surface area (Å²) in [5.74, 6) is -1.53. The molecule has 0 bridgehead atoms. The average Bonchev–Trinajstić information content (AvgIpc) is 3.01. The van der Waals surface area contributed by atoms with E-state index in [4.69, 9.17) is 9.47 Å². The van der Waals surface area contributed by atoms with Crippen LogP contribution in [-0.2, 0) is 14.4 Å². The Balaban J connectivity index is 1.69. The summed E-state index contributed by atoms with van der Waals surface area (Å²) in [6.07, 6.45) is 0.654. The first-order valence-electron chi connectivity index (χ1n) is 9.11. The second kappa shape index (κ2) is 7.85. The number of carbonyl (C=O) groups is 3. The number of benzene rings is 1. The molecule has 2 N–H and O–H groups in total. The Morgan fingerprint density at radius 1 is 1.26 bits per heavy atom. The molecule has 1 aromatic rings.